The summed E-state index contributed by atoms with van der Waals surface area (Å²) >= 11 is 1.67. The quantitative estimate of drug-likeness (QED) is 0.875. The molecule has 2 heterocycles. The fraction of sp³-hybridized carbons (Fsp3) is 0.231. The van der Waals surface area contributed by atoms with E-state index < -0.39 is 6.16 Å². The minimum atomic E-state index is -1.25. The maximum Gasteiger partial charge on any atom is 0.511 e. The number of fused-ring (bicyclic) bond motifs is 1. The van der Waals surface area contributed by atoms with Crippen LogP contribution in [0.25, 0.3) is 6.08 Å². The topological polar surface area (TPSA) is 64.3 Å². The van der Waals surface area contributed by atoms with E-state index in [0.717, 1.165) is 17.8 Å². The van der Waals surface area contributed by atoms with Gasteiger partial charge in [0.1, 0.15) is 5.76 Å². The number of hydrogen-bond acceptors (Lipinski definition) is 4. The van der Waals surface area contributed by atoms with Gasteiger partial charge in [-0.15, -0.1) is 11.3 Å². The number of ether oxygens (including phenoxy) is 1. The Hall–Kier alpha value is -2.08. The summed E-state index contributed by atoms with van der Waals surface area (Å²) in [5, 5.41) is 8.62. The first-order valence-corrected chi connectivity index (χ1v) is 6.71. The highest BCUT2D eigenvalue weighted by molar-refractivity contribution is 7.13. The molecular weight excluding hydrogens is 264 g/mol. The van der Waals surface area contributed by atoms with Crippen LogP contribution < -0.4 is 0 Å². The molecule has 0 aromatic carbocycles. The smallest absolute Gasteiger partial charge is 0.449 e. The summed E-state index contributed by atoms with van der Waals surface area (Å²) in [4.78, 5) is 16.9. The van der Waals surface area contributed by atoms with E-state index in [1.807, 2.05) is 16.8 Å². The van der Waals surface area contributed by atoms with E-state index in [1.165, 1.54) is 10.4 Å². The number of carboxylic acid groups (broad SMARTS) is 1. The van der Waals surface area contributed by atoms with Crippen molar-refractivity contribution in [1.29, 1.82) is 0 Å². The van der Waals surface area contributed by atoms with Gasteiger partial charge in [0, 0.05) is 28.6 Å². The van der Waals surface area contributed by atoms with Crippen molar-refractivity contribution in [2.24, 2.45) is 0 Å². The third-order valence-electron chi connectivity index (χ3n) is 2.94. The molecule has 1 N–H and O–H groups in total. The number of imidazole rings is 1. The number of aryl methyl sites for hydroxylation is 1. The van der Waals surface area contributed by atoms with Crippen LogP contribution in [0.15, 0.2) is 30.5 Å². The summed E-state index contributed by atoms with van der Waals surface area (Å²) in [5.41, 5.74) is 1.26. The van der Waals surface area contributed by atoms with Crippen molar-refractivity contribution in [3.05, 3.63) is 45.9 Å². The molecule has 3 rings (SSSR count). The van der Waals surface area contributed by atoms with Crippen LogP contribution in [0.4, 0.5) is 4.79 Å². The normalized spacial score (nSPS) is 13.8. The summed E-state index contributed by atoms with van der Waals surface area (Å²) in [7, 11) is 0. The Kier molecular flexibility index (Phi) is 3.08. The van der Waals surface area contributed by atoms with Crippen molar-refractivity contribution in [1.82, 2.24) is 9.55 Å². The molecule has 0 amide bonds. The van der Waals surface area contributed by atoms with Crippen molar-refractivity contribution >= 4 is 23.6 Å². The van der Waals surface area contributed by atoms with Gasteiger partial charge in [0.2, 0.25) is 0 Å². The lowest BCUT2D eigenvalue weighted by Crippen LogP contribution is -2.04. The third-order valence-corrected chi connectivity index (χ3v) is 4.05. The Morgan fingerprint density at radius 1 is 1.53 bits per heavy atom. The summed E-state index contributed by atoms with van der Waals surface area (Å²) in [6.07, 6.45) is 7.52. The Morgan fingerprint density at radius 3 is 3.16 bits per heavy atom. The molecule has 0 spiro atoms. The molecular formula is C13H12N2O3S. The van der Waals surface area contributed by atoms with Crippen LogP contribution in [0, 0.1) is 0 Å². The lowest BCUT2D eigenvalue weighted by atomic mass is 10.0. The van der Waals surface area contributed by atoms with Gasteiger partial charge in [-0.25, -0.2) is 9.78 Å². The number of carbonyl (C=O) groups is 1. The minimum Gasteiger partial charge on any atom is -0.449 e. The highest BCUT2D eigenvalue weighted by Crippen LogP contribution is 2.32. The first-order chi connectivity index (χ1) is 9.20. The third kappa shape index (κ3) is 2.68. The second-order valence-electron chi connectivity index (χ2n) is 4.32. The van der Waals surface area contributed by atoms with Gasteiger partial charge < -0.3 is 14.4 Å². The van der Waals surface area contributed by atoms with Crippen LogP contribution in [0.5, 0.6) is 0 Å². The van der Waals surface area contributed by atoms with E-state index in [-0.39, 0.29) is 0 Å². The molecule has 2 aromatic rings. The Balaban J connectivity index is 1.80. The maximum absolute atomic E-state index is 10.5. The molecule has 0 atom stereocenters. The Morgan fingerprint density at radius 2 is 2.42 bits per heavy atom. The van der Waals surface area contributed by atoms with Crippen LogP contribution in [0.3, 0.4) is 0 Å². The van der Waals surface area contributed by atoms with Gasteiger partial charge in [-0.1, -0.05) is 0 Å². The van der Waals surface area contributed by atoms with Crippen molar-refractivity contribution < 1.29 is 14.6 Å². The number of rotatable bonds is 3. The summed E-state index contributed by atoms with van der Waals surface area (Å²) < 4.78 is 6.74. The molecule has 5 nitrogen and oxygen atoms in total. The van der Waals surface area contributed by atoms with E-state index in [9.17, 15) is 4.79 Å². The predicted molar refractivity (Wildman–Crippen MR) is 71.1 cm³/mol. The van der Waals surface area contributed by atoms with Crippen LogP contribution in [0.2, 0.25) is 0 Å². The number of allylic oxidation sites excluding steroid dienone is 1. The standard InChI is InChI=1S/C13H12N2O3S/c16-13(17)18-10-2-1-9-5-11(19-12(9)6-10)7-15-4-3-14-8-15/h3-6,8H,1-2,7H2,(H,16,17). The van der Waals surface area contributed by atoms with E-state index in [0.29, 0.717) is 12.2 Å². The maximum atomic E-state index is 10.5. The van der Waals surface area contributed by atoms with Gasteiger partial charge in [0.25, 0.3) is 0 Å². The van der Waals surface area contributed by atoms with Crippen LogP contribution in [-0.4, -0.2) is 20.8 Å². The molecule has 0 fully saturated rings. The number of thiophene rings is 1. The average Bonchev–Trinajstić information content (AvgIpc) is 2.97. The summed E-state index contributed by atoms with van der Waals surface area (Å²) in [6, 6.07) is 2.17. The van der Waals surface area contributed by atoms with Crippen molar-refractivity contribution in [2.45, 2.75) is 19.4 Å². The molecule has 1 aliphatic rings. The molecule has 0 bridgehead atoms. The molecule has 0 saturated carbocycles. The zero-order valence-electron chi connectivity index (χ0n) is 10.1. The van der Waals surface area contributed by atoms with Gasteiger partial charge in [-0.05, 0) is 24.1 Å². The second kappa shape index (κ2) is 4.89. The zero-order valence-corrected chi connectivity index (χ0v) is 10.9. The van der Waals surface area contributed by atoms with E-state index in [1.54, 1.807) is 23.9 Å². The monoisotopic (exact) mass is 276 g/mol. The first-order valence-electron chi connectivity index (χ1n) is 5.89. The number of aromatic nitrogens is 2. The molecule has 1 aliphatic carbocycles. The van der Waals surface area contributed by atoms with Crippen molar-refractivity contribution in [3.8, 4) is 0 Å². The number of nitrogens with zero attached hydrogens (tertiary/aromatic N) is 2. The SMILES string of the molecule is O=C(O)OC1=Cc2sc(Cn3ccnc3)cc2CC1. The molecule has 19 heavy (non-hydrogen) atoms. The van der Waals surface area contributed by atoms with Gasteiger partial charge in [-0.3, -0.25) is 0 Å². The fourth-order valence-corrected chi connectivity index (χ4v) is 3.31. The molecule has 0 saturated heterocycles. The van der Waals surface area contributed by atoms with E-state index >= 15 is 0 Å². The lowest BCUT2D eigenvalue weighted by Gasteiger charge is -2.10. The largest absolute Gasteiger partial charge is 0.511 e. The van der Waals surface area contributed by atoms with E-state index in [2.05, 4.69) is 11.1 Å². The molecule has 6 heteroatoms. The minimum absolute atomic E-state index is 0.524. The molecule has 2 aromatic heterocycles. The fourth-order valence-electron chi connectivity index (χ4n) is 2.13. The lowest BCUT2D eigenvalue weighted by molar-refractivity contribution is 0.117. The van der Waals surface area contributed by atoms with Crippen LogP contribution in [-0.2, 0) is 17.7 Å². The average molecular weight is 276 g/mol. The van der Waals surface area contributed by atoms with Gasteiger partial charge in [0.15, 0.2) is 0 Å². The second-order valence-corrected chi connectivity index (χ2v) is 5.48. The molecule has 0 radical (unpaired) electrons. The Bertz CT molecular complexity index is 628. The van der Waals surface area contributed by atoms with E-state index in [4.69, 9.17) is 9.84 Å². The molecule has 0 unspecified atom stereocenters. The van der Waals surface area contributed by atoms with Crippen molar-refractivity contribution in [2.75, 3.05) is 0 Å². The summed E-state index contributed by atoms with van der Waals surface area (Å²) in [5.74, 6) is 0.524. The van der Waals surface area contributed by atoms with Gasteiger partial charge in [0.05, 0.1) is 12.9 Å². The Labute approximate surface area is 113 Å². The summed E-state index contributed by atoms with van der Waals surface area (Å²) in [6.45, 7) is 0.792. The molecule has 98 valence electrons. The zero-order chi connectivity index (χ0) is 13.2. The highest BCUT2D eigenvalue weighted by Gasteiger charge is 2.16. The van der Waals surface area contributed by atoms with Gasteiger partial charge in [-0.2, -0.15) is 0 Å². The predicted octanol–water partition coefficient (Wildman–Crippen LogP) is 2.97. The highest BCUT2D eigenvalue weighted by atomic mass is 32.1. The van der Waals surface area contributed by atoms with Gasteiger partial charge >= 0.3 is 6.16 Å². The van der Waals surface area contributed by atoms with Crippen LogP contribution >= 0.6 is 11.3 Å². The first kappa shape index (κ1) is 12.0. The van der Waals surface area contributed by atoms with Crippen molar-refractivity contribution in [3.63, 3.8) is 0 Å². The molecule has 0 aliphatic heterocycles. The van der Waals surface area contributed by atoms with Crippen LogP contribution in [0.1, 0.15) is 21.7 Å². The number of hydrogen-bond donors (Lipinski definition) is 1.